The quantitative estimate of drug-likeness (QED) is 0.889. The molecule has 22 heavy (non-hydrogen) atoms. The summed E-state index contributed by atoms with van der Waals surface area (Å²) in [7, 11) is 0. The van der Waals surface area contributed by atoms with Crippen molar-refractivity contribution >= 4 is 17.5 Å². The predicted molar refractivity (Wildman–Crippen MR) is 90.3 cm³/mol. The zero-order chi connectivity index (χ0) is 16.2. The van der Waals surface area contributed by atoms with E-state index >= 15 is 0 Å². The fourth-order valence-corrected chi connectivity index (χ4v) is 3.27. The molecule has 0 saturated heterocycles. The van der Waals surface area contributed by atoms with Crippen molar-refractivity contribution < 1.29 is 9.53 Å². The van der Waals surface area contributed by atoms with Crippen molar-refractivity contribution in [2.24, 2.45) is 11.3 Å². The SMILES string of the molecule is CC(C)(C)C1CCC(NC(=O)COc2ccccc2Cl)CC1. The third-order valence-corrected chi connectivity index (χ3v) is 4.82. The van der Waals surface area contributed by atoms with E-state index < -0.39 is 0 Å². The summed E-state index contributed by atoms with van der Waals surface area (Å²) in [5, 5.41) is 3.60. The minimum atomic E-state index is -0.0703. The third-order valence-electron chi connectivity index (χ3n) is 4.51. The van der Waals surface area contributed by atoms with Crippen molar-refractivity contribution in [3.05, 3.63) is 29.3 Å². The lowest BCUT2D eigenvalue weighted by molar-refractivity contribution is -0.124. The Morgan fingerprint density at radius 2 is 1.86 bits per heavy atom. The Balaban J connectivity index is 1.74. The first kappa shape index (κ1) is 17.1. The number of hydrogen-bond acceptors (Lipinski definition) is 2. The highest BCUT2D eigenvalue weighted by Crippen LogP contribution is 2.37. The normalized spacial score (nSPS) is 22.2. The van der Waals surface area contributed by atoms with Crippen LogP contribution in [0.2, 0.25) is 5.02 Å². The van der Waals surface area contributed by atoms with Crippen molar-refractivity contribution in [2.45, 2.75) is 52.5 Å². The standard InChI is InChI=1S/C18H26ClNO2/c1-18(2,3)13-8-10-14(11-9-13)20-17(21)12-22-16-7-5-4-6-15(16)19/h4-7,13-14H,8-12H2,1-3H3,(H,20,21). The van der Waals surface area contributed by atoms with Gasteiger partial charge in [-0.3, -0.25) is 4.79 Å². The Hall–Kier alpha value is -1.22. The van der Waals surface area contributed by atoms with Gasteiger partial charge in [0, 0.05) is 6.04 Å². The zero-order valence-corrected chi connectivity index (χ0v) is 14.5. The number of rotatable bonds is 4. The van der Waals surface area contributed by atoms with Crippen LogP contribution in [-0.4, -0.2) is 18.6 Å². The summed E-state index contributed by atoms with van der Waals surface area (Å²) < 4.78 is 5.47. The maximum atomic E-state index is 12.0. The molecule has 0 aromatic heterocycles. The van der Waals surface area contributed by atoms with E-state index in [1.165, 1.54) is 12.8 Å². The third kappa shape index (κ3) is 4.91. The molecule has 0 heterocycles. The molecule has 4 heteroatoms. The smallest absolute Gasteiger partial charge is 0.258 e. The largest absolute Gasteiger partial charge is 0.482 e. The highest BCUT2D eigenvalue weighted by molar-refractivity contribution is 6.32. The molecule has 0 unspecified atom stereocenters. The van der Waals surface area contributed by atoms with Gasteiger partial charge < -0.3 is 10.1 Å². The van der Waals surface area contributed by atoms with Crippen LogP contribution in [-0.2, 0) is 4.79 Å². The molecular formula is C18H26ClNO2. The van der Waals surface area contributed by atoms with Crippen LogP contribution >= 0.6 is 11.6 Å². The molecule has 3 nitrogen and oxygen atoms in total. The molecule has 1 aliphatic rings. The van der Waals surface area contributed by atoms with Gasteiger partial charge in [-0.1, -0.05) is 44.5 Å². The Labute approximate surface area is 138 Å². The molecule has 1 fully saturated rings. The summed E-state index contributed by atoms with van der Waals surface area (Å²) in [6, 6.07) is 7.48. The van der Waals surface area contributed by atoms with E-state index in [1.54, 1.807) is 12.1 Å². The number of hydrogen-bond donors (Lipinski definition) is 1. The van der Waals surface area contributed by atoms with Gasteiger partial charge in [0.25, 0.3) is 5.91 Å². The fraction of sp³-hybridized carbons (Fsp3) is 0.611. The molecule has 1 N–H and O–H groups in total. The monoisotopic (exact) mass is 323 g/mol. The first-order valence-corrected chi connectivity index (χ1v) is 8.41. The number of ether oxygens (including phenoxy) is 1. The topological polar surface area (TPSA) is 38.3 Å². The van der Waals surface area contributed by atoms with Crippen molar-refractivity contribution in [3.63, 3.8) is 0 Å². The number of carbonyl (C=O) groups is 1. The summed E-state index contributed by atoms with van der Waals surface area (Å²) in [5.41, 5.74) is 0.363. The Morgan fingerprint density at radius 3 is 2.45 bits per heavy atom. The van der Waals surface area contributed by atoms with E-state index in [2.05, 4.69) is 26.1 Å². The molecular weight excluding hydrogens is 298 g/mol. The molecule has 2 rings (SSSR count). The van der Waals surface area contributed by atoms with E-state index in [0.717, 1.165) is 18.8 Å². The summed E-state index contributed by atoms with van der Waals surface area (Å²) in [5.74, 6) is 1.23. The van der Waals surface area contributed by atoms with Crippen molar-refractivity contribution in [1.29, 1.82) is 0 Å². The predicted octanol–water partition coefficient (Wildman–Crippen LogP) is 4.44. The molecule has 0 spiro atoms. The van der Waals surface area contributed by atoms with Crippen LogP contribution < -0.4 is 10.1 Å². The molecule has 0 atom stereocenters. The van der Waals surface area contributed by atoms with Gasteiger partial charge in [-0.15, -0.1) is 0 Å². The van der Waals surface area contributed by atoms with E-state index in [1.807, 2.05) is 12.1 Å². The van der Waals surface area contributed by atoms with E-state index in [0.29, 0.717) is 16.2 Å². The van der Waals surface area contributed by atoms with Crippen LogP contribution in [0.3, 0.4) is 0 Å². The average molecular weight is 324 g/mol. The highest BCUT2D eigenvalue weighted by Gasteiger charge is 2.30. The van der Waals surface area contributed by atoms with Gasteiger partial charge in [-0.05, 0) is 49.1 Å². The fourth-order valence-electron chi connectivity index (χ4n) is 3.08. The lowest BCUT2D eigenvalue weighted by Gasteiger charge is -2.37. The summed E-state index contributed by atoms with van der Waals surface area (Å²) in [6.07, 6.45) is 4.47. The number of halogens is 1. The molecule has 1 saturated carbocycles. The lowest BCUT2D eigenvalue weighted by atomic mass is 9.71. The summed E-state index contributed by atoms with van der Waals surface area (Å²) in [6.45, 7) is 6.92. The van der Waals surface area contributed by atoms with Gasteiger partial charge in [0.1, 0.15) is 5.75 Å². The van der Waals surface area contributed by atoms with Crippen LogP contribution in [0.15, 0.2) is 24.3 Å². The minimum absolute atomic E-state index is 0.0168. The molecule has 122 valence electrons. The van der Waals surface area contributed by atoms with Gasteiger partial charge in [0.05, 0.1) is 5.02 Å². The minimum Gasteiger partial charge on any atom is -0.482 e. The average Bonchev–Trinajstić information content (AvgIpc) is 2.46. The van der Waals surface area contributed by atoms with Gasteiger partial charge in [-0.2, -0.15) is 0 Å². The summed E-state index contributed by atoms with van der Waals surface area (Å²) >= 11 is 6.00. The second-order valence-electron chi connectivity index (χ2n) is 7.20. The van der Waals surface area contributed by atoms with Gasteiger partial charge in [-0.25, -0.2) is 0 Å². The first-order valence-electron chi connectivity index (χ1n) is 8.03. The van der Waals surface area contributed by atoms with E-state index in [9.17, 15) is 4.79 Å². The maximum absolute atomic E-state index is 12.0. The van der Waals surface area contributed by atoms with Gasteiger partial charge >= 0.3 is 0 Å². The van der Waals surface area contributed by atoms with Gasteiger partial charge in [0.15, 0.2) is 6.61 Å². The molecule has 1 aromatic rings. The number of nitrogens with one attached hydrogen (secondary N) is 1. The molecule has 1 aromatic carbocycles. The molecule has 0 bridgehead atoms. The maximum Gasteiger partial charge on any atom is 0.258 e. The van der Waals surface area contributed by atoms with Crippen LogP contribution in [0.1, 0.15) is 46.5 Å². The first-order chi connectivity index (χ1) is 10.4. The molecule has 0 radical (unpaired) electrons. The number of carbonyl (C=O) groups excluding carboxylic acids is 1. The molecule has 1 amide bonds. The second-order valence-corrected chi connectivity index (χ2v) is 7.61. The summed E-state index contributed by atoms with van der Waals surface area (Å²) in [4.78, 5) is 12.0. The number of para-hydroxylation sites is 1. The Morgan fingerprint density at radius 1 is 1.23 bits per heavy atom. The van der Waals surface area contributed by atoms with E-state index in [-0.39, 0.29) is 18.6 Å². The zero-order valence-electron chi connectivity index (χ0n) is 13.7. The van der Waals surface area contributed by atoms with E-state index in [4.69, 9.17) is 16.3 Å². The highest BCUT2D eigenvalue weighted by atomic mass is 35.5. The van der Waals surface area contributed by atoms with Crippen LogP contribution in [0.4, 0.5) is 0 Å². The lowest BCUT2D eigenvalue weighted by Crippen LogP contribution is -2.41. The van der Waals surface area contributed by atoms with Crippen LogP contribution in [0.5, 0.6) is 5.75 Å². The van der Waals surface area contributed by atoms with Gasteiger partial charge in [0.2, 0.25) is 0 Å². The molecule has 0 aliphatic heterocycles. The molecule has 1 aliphatic carbocycles. The number of benzene rings is 1. The van der Waals surface area contributed by atoms with Crippen molar-refractivity contribution in [1.82, 2.24) is 5.32 Å². The van der Waals surface area contributed by atoms with Crippen LogP contribution in [0.25, 0.3) is 0 Å². The van der Waals surface area contributed by atoms with Crippen LogP contribution in [0, 0.1) is 11.3 Å². The van der Waals surface area contributed by atoms with Crippen molar-refractivity contribution in [2.75, 3.05) is 6.61 Å². The van der Waals surface area contributed by atoms with Crippen molar-refractivity contribution in [3.8, 4) is 5.75 Å². The Bertz CT molecular complexity index is 502. The number of amides is 1. The second kappa shape index (κ2) is 7.36. The Kier molecular flexibility index (Phi) is 5.74.